The predicted octanol–water partition coefficient (Wildman–Crippen LogP) is 2.35. The summed E-state index contributed by atoms with van der Waals surface area (Å²) in [7, 11) is 3.24. The van der Waals surface area contributed by atoms with Gasteiger partial charge in [-0.15, -0.1) is 0 Å². The molecule has 0 saturated heterocycles. The Kier molecular flexibility index (Phi) is 5.51. The Morgan fingerprint density at radius 1 is 1.00 bits per heavy atom. The summed E-state index contributed by atoms with van der Waals surface area (Å²) in [6.07, 6.45) is 4.52. The maximum absolute atomic E-state index is 5.37. The molecule has 0 unspecified atom stereocenters. The van der Waals surface area contributed by atoms with Crippen molar-refractivity contribution in [1.82, 2.24) is 15.3 Å². The van der Waals surface area contributed by atoms with Crippen LogP contribution in [0.5, 0.6) is 11.5 Å². The molecule has 112 valence electrons. The average Bonchev–Trinajstić information content (AvgIpc) is 2.54. The van der Waals surface area contributed by atoms with E-state index in [9.17, 15) is 0 Å². The Bertz CT molecular complexity index is 587. The van der Waals surface area contributed by atoms with Crippen LogP contribution >= 0.6 is 0 Å². The molecule has 2 aromatic rings. The van der Waals surface area contributed by atoms with E-state index in [0.29, 0.717) is 24.6 Å². The maximum atomic E-state index is 5.37. The van der Waals surface area contributed by atoms with Crippen LogP contribution in [0.25, 0.3) is 0 Å². The molecule has 0 aliphatic heterocycles. The molecule has 21 heavy (non-hydrogen) atoms. The van der Waals surface area contributed by atoms with Gasteiger partial charge < -0.3 is 14.8 Å². The van der Waals surface area contributed by atoms with Gasteiger partial charge in [0.25, 0.3) is 0 Å². The summed E-state index contributed by atoms with van der Waals surface area (Å²) in [6, 6.07) is 5.86. The van der Waals surface area contributed by atoms with Crippen molar-refractivity contribution in [3.63, 3.8) is 0 Å². The van der Waals surface area contributed by atoms with Crippen molar-refractivity contribution in [3.05, 3.63) is 47.5 Å². The van der Waals surface area contributed by atoms with Crippen LogP contribution in [0.15, 0.2) is 30.6 Å². The van der Waals surface area contributed by atoms with E-state index in [0.717, 1.165) is 17.8 Å². The van der Waals surface area contributed by atoms with Gasteiger partial charge in [0.05, 0.1) is 25.6 Å². The first kappa shape index (κ1) is 15.3. The van der Waals surface area contributed by atoms with Crippen molar-refractivity contribution in [1.29, 1.82) is 0 Å². The first-order valence-corrected chi connectivity index (χ1v) is 6.99. The highest BCUT2D eigenvalue weighted by molar-refractivity contribution is 5.42. The van der Waals surface area contributed by atoms with E-state index in [1.807, 2.05) is 12.3 Å². The summed E-state index contributed by atoms with van der Waals surface area (Å²) in [6.45, 7) is 3.43. The smallest absolute Gasteiger partial charge is 0.183 e. The molecule has 0 amide bonds. The monoisotopic (exact) mass is 287 g/mol. The Balaban J connectivity index is 2.04. The third-order valence-electron chi connectivity index (χ3n) is 3.32. The minimum atomic E-state index is 0.597. The lowest BCUT2D eigenvalue weighted by Gasteiger charge is -2.12. The van der Waals surface area contributed by atoms with Crippen LogP contribution in [0.4, 0.5) is 0 Å². The lowest BCUT2D eigenvalue weighted by Crippen LogP contribution is -2.16. The quantitative estimate of drug-likeness (QED) is 0.847. The van der Waals surface area contributed by atoms with Crippen LogP contribution in [0, 0.1) is 0 Å². The molecule has 0 aliphatic rings. The molecule has 1 N–H and O–H groups in total. The Morgan fingerprint density at radius 2 is 1.76 bits per heavy atom. The molecule has 5 heteroatoms. The fourth-order valence-electron chi connectivity index (χ4n) is 2.23. The summed E-state index contributed by atoms with van der Waals surface area (Å²) in [5.74, 6) is 1.36. The van der Waals surface area contributed by atoms with Gasteiger partial charge in [0, 0.05) is 31.5 Å². The highest BCUT2D eigenvalue weighted by Gasteiger charge is 2.10. The van der Waals surface area contributed by atoms with Crippen molar-refractivity contribution in [2.75, 3.05) is 14.2 Å². The van der Waals surface area contributed by atoms with E-state index < -0.39 is 0 Å². The van der Waals surface area contributed by atoms with Crippen LogP contribution < -0.4 is 14.8 Å². The molecule has 0 aromatic carbocycles. The maximum Gasteiger partial charge on any atom is 0.183 e. The molecule has 2 rings (SSSR count). The van der Waals surface area contributed by atoms with Crippen LogP contribution in [0.1, 0.15) is 23.9 Å². The molecule has 2 heterocycles. The summed E-state index contributed by atoms with van der Waals surface area (Å²) < 4.78 is 10.6. The van der Waals surface area contributed by atoms with Crippen molar-refractivity contribution >= 4 is 0 Å². The van der Waals surface area contributed by atoms with E-state index in [-0.39, 0.29) is 0 Å². The van der Waals surface area contributed by atoms with E-state index >= 15 is 0 Å². The molecular formula is C16H21N3O2. The summed E-state index contributed by atoms with van der Waals surface area (Å²) in [4.78, 5) is 8.76. The number of aromatic nitrogens is 2. The summed E-state index contributed by atoms with van der Waals surface area (Å²) in [5.41, 5.74) is 3.16. The Labute approximate surface area is 125 Å². The van der Waals surface area contributed by atoms with Crippen molar-refractivity contribution in [2.24, 2.45) is 0 Å². The number of nitrogens with zero attached hydrogens (tertiary/aromatic N) is 2. The first-order valence-electron chi connectivity index (χ1n) is 6.99. The van der Waals surface area contributed by atoms with Crippen molar-refractivity contribution in [2.45, 2.75) is 26.4 Å². The molecule has 5 nitrogen and oxygen atoms in total. The lowest BCUT2D eigenvalue weighted by atomic mass is 10.1. The van der Waals surface area contributed by atoms with Gasteiger partial charge in [0.1, 0.15) is 0 Å². The van der Waals surface area contributed by atoms with E-state index in [1.165, 1.54) is 5.56 Å². The largest absolute Gasteiger partial charge is 0.493 e. The number of ether oxygens (including phenoxy) is 2. The minimum absolute atomic E-state index is 0.597. The van der Waals surface area contributed by atoms with Gasteiger partial charge in [-0.05, 0) is 18.1 Å². The lowest BCUT2D eigenvalue weighted by molar-refractivity contribution is 0.348. The third-order valence-corrected chi connectivity index (χ3v) is 3.32. The van der Waals surface area contributed by atoms with Crippen molar-refractivity contribution in [3.8, 4) is 11.5 Å². The third kappa shape index (κ3) is 3.70. The van der Waals surface area contributed by atoms with Crippen molar-refractivity contribution < 1.29 is 9.47 Å². The first-order chi connectivity index (χ1) is 10.3. The van der Waals surface area contributed by atoms with E-state index in [4.69, 9.17) is 9.47 Å². The summed E-state index contributed by atoms with van der Waals surface area (Å²) in [5, 5.41) is 3.36. The zero-order chi connectivity index (χ0) is 15.1. The summed E-state index contributed by atoms with van der Waals surface area (Å²) >= 11 is 0. The van der Waals surface area contributed by atoms with E-state index in [1.54, 1.807) is 26.5 Å². The van der Waals surface area contributed by atoms with Gasteiger partial charge in [0.15, 0.2) is 11.5 Å². The molecule has 0 spiro atoms. The molecular weight excluding hydrogens is 266 g/mol. The Hall–Kier alpha value is -2.14. The van der Waals surface area contributed by atoms with Gasteiger partial charge >= 0.3 is 0 Å². The average molecular weight is 287 g/mol. The molecule has 0 radical (unpaired) electrons. The van der Waals surface area contributed by atoms with E-state index in [2.05, 4.69) is 28.3 Å². The van der Waals surface area contributed by atoms with Crippen LogP contribution in [-0.4, -0.2) is 24.2 Å². The van der Waals surface area contributed by atoms with Gasteiger partial charge in [-0.25, -0.2) is 0 Å². The Morgan fingerprint density at radius 3 is 2.48 bits per heavy atom. The predicted molar refractivity (Wildman–Crippen MR) is 81.5 cm³/mol. The fraction of sp³-hybridized carbons (Fsp3) is 0.375. The van der Waals surface area contributed by atoms with Crippen LogP contribution in [0.3, 0.4) is 0 Å². The van der Waals surface area contributed by atoms with Crippen LogP contribution in [0.2, 0.25) is 0 Å². The van der Waals surface area contributed by atoms with Gasteiger partial charge in [-0.1, -0.05) is 13.0 Å². The molecule has 0 fully saturated rings. The number of pyridine rings is 2. The molecule has 0 saturated carbocycles. The SMILES string of the molecule is CCc1cccnc1CNCc1nccc(OC)c1OC. The number of hydrogen-bond acceptors (Lipinski definition) is 5. The minimum Gasteiger partial charge on any atom is -0.493 e. The number of rotatable bonds is 7. The highest BCUT2D eigenvalue weighted by Crippen LogP contribution is 2.28. The van der Waals surface area contributed by atoms with Gasteiger partial charge in [0.2, 0.25) is 0 Å². The van der Waals surface area contributed by atoms with Crippen LogP contribution in [-0.2, 0) is 19.5 Å². The number of nitrogens with one attached hydrogen (secondary N) is 1. The zero-order valence-electron chi connectivity index (χ0n) is 12.7. The normalized spacial score (nSPS) is 10.4. The standard InChI is InChI=1S/C16H21N3O2/c1-4-12-6-5-8-18-13(12)10-17-11-14-16(21-3)15(20-2)7-9-19-14/h5-9,17H,4,10-11H2,1-3H3. The molecule has 0 atom stereocenters. The second-order valence-corrected chi connectivity index (χ2v) is 4.56. The second kappa shape index (κ2) is 7.59. The number of hydrogen-bond donors (Lipinski definition) is 1. The highest BCUT2D eigenvalue weighted by atomic mass is 16.5. The van der Waals surface area contributed by atoms with Gasteiger partial charge in [-0.3, -0.25) is 9.97 Å². The molecule has 0 bridgehead atoms. The molecule has 0 aliphatic carbocycles. The fourth-order valence-corrected chi connectivity index (χ4v) is 2.23. The number of methoxy groups -OCH3 is 2. The van der Waals surface area contributed by atoms with Gasteiger partial charge in [-0.2, -0.15) is 0 Å². The number of aryl methyl sites for hydroxylation is 1. The topological polar surface area (TPSA) is 56.3 Å². The zero-order valence-corrected chi connectivity index (χ0v) is 12.7. The second-order valence-electron chi connectivity index (χ2n) is 4.56. The molecule has 2 aromatic heterocycles.